The van der Waals surface area contributed by atoms with Gasteiger partial charge in [0, 0.05) is 23.9 Å². The van der Waals surface area contributed by atoms with Gasteiger partial charge in [0.25, 0.3) is 0 Å². The maximum absolute atomic E-state index is 12.9. The quantitative estimate of drug-likeness (QED) is 0.776. The molecule has 1 aliphatic heterocycles. The second kappa shape index (κ2) is 6.25. The van der Waals surface area contributed by atoms with Crippen LogP contribution in [0.1, 0.15) is 40.9 Å². The normalized spacial score (nSPS) is 20.2. The van der Waals surface area contributed by atoms with Crippen molar-refractivity contribution in [2.45, 2.75) is 45.8 Å². The van der Waals surface area contributed by atoms with E-state index in [1.807, 2.05) is 26.0 Å². The highest BCUT2D eigenvalue weighted by atomic mass is 16.5. The van der Waals surface area contributed by atoms with Gasteiger partial charge in [-0.25, -0.2) is 0 Å². The summed E-state index contributed by atoms with van der Waals surface area (Å²) in [6, 6.07) is 3.63. The monoisotopic (exact) mass is 355 g/mol. The summed E-state index contributed by atoms with van der Waals surface area (Å²) in [6.07, 6.45) is 1.65. The van der Waals surface area contributed by atoms with Gasteiger partial charge in [-0.15, -0.1) is 0 Å². The fourth-order valence-corrected chi connectivity index (χ4v) is 3.56. The summed E-state index contributed by atoms with van der Waals surface area (Å²) in [5.74, 6) is 0.791. The van der Waals surface area contributed by atoms with Crippen LogP contribution in [-0.4, -0.2) is 38.7 Å². The minimum Gasteiger partial charge on any atom is -0.464 e. The summed E-state index contributed by atoms with van der Waals surface area (Å²) in [5, 5.41) is 14.8. The molecule has 0 bridgehead atoms. The Kier molecular flexibility index (Phi) is 4.03. The first-order chi connectivity index (χ1) is 12.4. The molecule has 0 radical (unpaired) electrons. The predicted molar refractivity (Wildman–Crippen MR) is 93.5 cm³/mol. The first kappa shape index (κ1) is 16.8. The molecule has 1 aromatic carbocycles. The number of fused-ring (bicyclic) bond motifs is 1. The Labute approximate surface area is 150 Å². The van der Waals surface area contributed by atoms with Gasteiger partial charge in [-0.3, -0.25) is 4.79 Å². The summed E-state index contributed by atoms with van der Waals surface area (Å²) in [7, 11) is 0. The smallest absolute Gasteiger partial charge is 0.249 e. The summed E-state index contributed by atoms with van der Waals surface area (Å²) >= 11 is 0. The topological polar surface area (TPSA) is 92.6 Å². The molecule has 7 heteroatoms. The predicted octanol–water partition coefficient (Wildman–Crippen LogP) is 2.62. The molecule has 0 aliphatic carbocycles. The molecule has 7 nitrogen and oxygen atoms in total. The first-order valence-electron chi connectivity index (χ1n) is 8.68. The number of nitrogens with zero attached hydrogens (tertiary/aromatic N) is 3. The van der Waals surface area contributed by atoms with Crippen LogP contribution in [0.3, 0.4) is 0 Å². The van der Waals surface area contributed by atoms with Crippen LogP contribution >= 0.6 is 0 Å². The lowest BCUT2D eigenvalue weighted by Crippen LogP contribution is -2.33. The number of furan rings is 1. The fraction of sp³-hybridized carbons (Fsp3) is 0.421. The number of aliphatic hydroxyl groups is 1. The van der Waals surface area contributed by atoms with E-state index in [1.165, 1.54) is 0 Å². The molecule has 1 saturated heterocycles. The molecule has 0 spiro atoms. The number of hydrogen-bond acceptors (Lipinski definition) is 6. The lowest BCUT2D eigenvalue weighted by atomic mass is 10.0. The second-order valence-corrected chi connectivity index (χ2v) is 6.95. The molecule has 2 aromatic heterocycles. The number of likely N-dealkylation sites (tertiary alicyclic amines) is 1. The molecular weight excluding hydrogens is 334 g/mol. The first-order valence-corrected chi connectivity index (χ1v) is 8.68. The van der Waals surface area contributed by atoms with Crippen LogP contribution in [0.15, 0.2) is 27.3 Å². The minimum absolute atomic E-state index is 0.0941. The van der Waals surface area contributed by atoms with E-state index in [0.29, 0.717) is 18.1 Å². The second-order valence-electron chi connectivity index (χ2n) is 6.95. The van der Waals surface area contributed by atoms with Crippen molar-refractivity contribution >= 4 is 16.9 Å². The maximum Gasteiger partial charge on any atom is 0.249 e. The third-order valence-electron chi connectivity index (χ3n) is 5.11. The van der Waals surface area contributed by atoms with Crippen molar-refractivity contribution in [2.75, 3.05) is 6.54 Å². The molecule has 26 heavy (non-hydrogen) atoms. The number of rotatable bonds is 3. The van der Waals surface area contributed by atoms with Crippen molar-refractivity contribution in [2.24, 2.45) is 0 Å². The molecule has 1 aliphatic rings. The largest absolute Gasteiger partial charge is 0.464 e. The van der Waals surface area contributed by atoms with Crippen LogP contribution < -0.4 is 0 Å². The van der Waals surface area contributed by atoms with Gasteiger partial charge in [0.2, 0.25) is 11.8 Å². The van der Waals surface area contributed by atoms with E-state index in [1.54, 1.807) is 18.1 Å². The Morgan fingerprint density at radius 3 is 2.88 bits per heavy atom. The lowest BCUT2D eigenvalue weighted by molar-refractivity contribution is -0.132. The van der Waals surface area contributed by atoms with E-state index in [0.717, 1.165) is 27.7 Å². The summed E-state index contributed by atoms with van der Waals surface area (Å²) in [6.45, 7) is 6.04. The molecule has 136 valence electrons. The fourth-order valence-electron chi connectivity index (χ4n) is 3.56. The molecule has 0 unspecified atom stereocenters. The summed E-state index contributed by atoms with van der Waals surface area (Å²) < 4.78 is 10.9. The molecule has 1 amide bonds. The van der Waals surface area contributed by atoms with Crippen molar-refractivity contribution in [3.63, 3.8) is 0 Å². The molecule has 1 fully saturated rings. The van der Waals surface area contributed by atoms with E-state index in [2.05, 4.69) is 10.1 Å². The molecule has 4 rings (SSSR count). The van der Waals surface area contributed by atoms with Gasteiger partial charge in [-0.05, 0) is 31.9 Å². The van der Waals surface area contributed by atoms with E-state index in [9.17, 15) is 9.90 Å². The van der Waals surface area contributed by atoms with Gasteiger partial charge in [0.05, 0.1) is 18.8 Å². The lowest BCUT2D eigenvalue weighted by Gasteiger charge is -2.21. The zero-order chi connectivity index (χ0) is 18.4. The van der Waals surface area contributed by atoms with Crippen molar-refractivity contribution in [3.05, 3.63) is 46.8 Å². The SMILES string of the molecule is Cc1noc([C@H]2C[C@H](O)CN2C(=O)Cc2coc3c(C)c(C)ccc23)n1. The number of benzene rings is 1. The number of hydrogen-bond donors (Lipinski definition) is 1. The Morgan fingerprint density at radius 2 is 2.15 bits per heavy atom. The standard InChI is InChI=1S/C19H21N3O4/c1-10-4-5-15-13(9-25-18(15)11(10)2)6-17(24)22-8-14(23)7-16(22)19-20-12(3)21-26-19/h4-5,9,14,16,23H,6-8H2,1-3H3/t14-,16+/m0/s1. The highest BCUT2D eigenvalue weighted by Gasteiger charge is 2.38. The highest BCUT2D eigenvalue weighted by molar-refractivity contribution is 5.89. The van der Waals surface area contributed by atoms with Gasteiger partial charge in [0.15, 0.2) is 5.82 Å². The van der Waals surface area contributed by atoms with Crippen LogP contribution in [0, 0.1) is 20.8 Å². The molecule has 2 atom stereocenters. The number of aryl methyl sites for hydroxylation is 3. The van der Waals surface area contributed by atoms with Crippen LogP contribution in [0.25, 0.3) is 11.0 Å². The van der Waals surface area contributed by atoms with Crippen LogP contribution in [0.5, 0.6) is 0 Å². The Bertz CT molecular complexity index is 974. The number of carbonyl (C=O) groups excluding carboxylic acids is 1. The highest BCUT2D eigenvalue weighted by Crippen LogP contribution is 2.33. The molecule has 3 heterocycles. The average molecular weight is 355 g/mol. The zero-order valence-electron chi connectivity index (χ0n) is 15.0. The van der Waals surface area contributed by atoms with Gasteiger partial charge >= 0.3 is 0 Å². The molecular formula is C19H21N3O4. The molecule has 3 aromatic rings. The van der Waals surface area contributed by atoms with E-state index in [-0.39, 0.29) is 24.9 Å². The molecule has 1 N–H and O–H groups in total. The van der Waals surface area contributed by atoms with Gasteiger partial charge in [-0.2, -0.15) is 4.98 Å². The summed E-state index contributed by atoms with van der Waals surface area (Å²) in [4.78, 5) is 18.8. The minimum atomic E-state index is -0.595. The van der Waals surface area contributed by atoms with Crippen molar-refractivity contribution < 1.29 is 18.8 Å². The zero-order valence-corrected chi connectivity index (χ0v) is 15.0. The summed E-state index contributed by atoms with van der Waals surface area (Å²) in [5.41, 5.74) is 3.89. The van der Waals surface area contributed by atoms with Gasteiger partial charge in [-0.1, -0.05) is 17.3 Å². The number of carbonyl (C=O) groups is 1. The number of aliphatic hydroxyl groups excluding tert-OH is 1. The molecule has 0 saturated carbocycles. The van der Waals surface area contributed by atoms with Crippen molar-refractivity contribution in [3.8, 4) is 0 Å². The third-order valence-corrected chi connectivity index (χ3v) is 5.11. The van der Waals surface area contributed by atoms with Crippen LogP contribution in [0.4, 0.5) is 0 Å². The van der Waals surface area contributed by atoms with Crippen molar-refractivity contribution in [1.82, 2.24) is 15.0 Å². The van der Waals surface area contributed by atoms with Gasteiger partial charge < -0.3 is 18.9 Å². The van der Waals surface area contributed by atoms with E-state index < -0.39 is 6.10 Å². The van der Waals surface area contributed by atoms with E-state index in [4.69, 9.17) is 8.94 Å². The van der Waals surface area contributed by atoms with E-state index >= 15 is 0 Å². The number of amides is 1. The van der Waals surface area contributed by atoms with Gasteiger partial charge in [0.1, 0.15) is 11.6 Å². The number of β-amino-alcohol motifs (C(OH)–C–C–N with tert-alkyl or cyclic N) is 1. The Morgan fingerprint density at radius 1 is 1.35 bits per heavy atom. The number of aromatic nitrogens is 2. The van der Waals surface area contributed by atoms with Crippen LogP contribution in [-0.2, 0) is 11.2 Å². The maximum atomic E-state index is 12.9. The van der Waals surface area contributed by atoms with Crippen LogP contribution in [0.2, 0.25) is 0 Å². The third kappa shape index (κ3) is 2.78. The Balaban J connectivity index is 1.60. The Hall–Kier alpha value is -2.67. The van der Waals surface area contributed by atoms with Crippen molar-refractivity contribution in [1.29, 1.82) is 0 Å². The average Bonchev–Trinajstić information content (AvgIpc) is 3.30.